The van der Waals surface area contributed by atoms with Crippen molar-refractivity contribution >= 4 is 35.7 Å². The molecule has 54 heavy (non-hydrogen) atoms. The lowest BCUT2D eigenvalue weighted by Gasteiger charge is -2.62. The van der Waals surface area contributed by atoms with Crippen molar-refractivity contribution < 1.29 is 48.8 Å². The molecule has 298 valence electrons. The van der Waals surface area contributed by atoms with E-state index in [1.165, 1.54) is 12.0 Å². The molecule has 1 aromatic carbocycles. The summed E-state index contributed by atoms with van der Waals surface area (Å²) in [6, 6.07) is 2.42. The summed E-state index contributed by atoms with van der Waals surface area (Å²) < 4.78 is 11.4. The predicted octanol–water partition coefficient (Wildman–Crippen LogP) is -0.352. The van der Waals surface area contributed by atoms with Gasteiger partial charge in [-0.2, -0.15) is 0 Å². The molecule has 1 aliphatic heterocycles. The Balaban J connectivity index is 1.39. The van der Waals surface area contributed by atoms with E-state index in [1.807, 2.05) is 27.0 Å². The van der Waals surface area contributed by atoms with E-state index < -0.39 is 65.2 Å². The van der Waals surface area contributed by atoms with Gasteiger partial charge in [-0.15, -0.1) is 0 Å². The van der Waals surface area contributed by atoms with Gasteiger partial charge in [0, 0.05) is 56.5 Å². The molecule has 2 bridgehead atoms. The number of phenols is 1. The van der Waals surface area contributed by atoms with Gasteiger partial charge in [0.15, 0.2) is 17.5 Å². The second kappa shape index (κ2) is 16.9. The molecule has 10 N–H and O–H groups in total. The Bertz CT molecular complexity index is 1680. The molecule has 18 heteroatoms. The first-order valence-electron chi connectivity index (χ1n) is 17.9. The molecule has 1 saturated heterocycles. The van der Waals surface area contributed by atoms with E-state index >= 15 is 0 Å². The number of allylic oxidation sites excluding steroid dienone is 1. The van der Waals surface area contributed by atoms with Gasteiger partial charge in [0.2, 0.25) is 17.7 Å². The number of aliphatic carboxylic acids is 1. The van der Waals surface area contributed by atoms with Crippen molar-refractivity contribution in [3.63, 3.8) is 0 Å². The van der Waals surface area contributed by atoms with E-state index in [-0.39, 0.29) is 56.6 Å². The van der Waals surface area contributed by atoms with Gasteiger partial charge in [-0.25, -0.2) is 4.79 Å². The number of nitrogens with two attached hydrogens (primary N) is 2. The molecular weight excluding hydrogens is 704 g/mol. The number of aromatic hydroxyl groups is 1. The van der Waals surface area contributed by atoms with E-state index in [0.717, 1.165) is 5.56 Å². The van der Waals surface area contributed by atoms with Crippen molar-refractivity contribution in [3.05, 3.63) is 35.1 Å². The molecule has 0 spiro atoms. The molecule has 0 saturated carbocycles. The number of likely N-dealkylation sites (tertiary alicyclic amines) is 1. The first-order valence-corrected chi connectivity index (χ1v) is 17.9. The van der Waals surface area contributed by atoms with Crippen LogP contribution in [0.15, 0.2) is 29.0 Å². The number of benzene rings is 1. The number of nitrogens with zero attached hydrogens (tertiary/aromatic N) is 3. The number of fused-ring (bicyclic) bond motifs is 1. The zero-order valence-corrected chi connectivity index (χ0v) is 31.6. The average Bonchev–Trinajstić information content (AvgIpc) is 3.08. The first-order chi connectivity index (χ1) is 25.3. The van der Waals surface area contributed by atoms with E-state index in [0.29, 0.717) is 42.9 Å². The number of guanidine groups is 1. The molecule has 4 amide bonds. The van der Waals surface area contributed by atoms with Crippen LogP contribution >= 0.6 is 0 Å². The largest absolute Gasteiger partial charge is 0.504 e. The second-order valence-corrected chi connectivity index (χ2v) is 15.2. The molecule has 2 aliphatic carbocycles. The summed E-state index contributed by atoms with van der Waals surface area (Å²) in [6.45, 7) is 4.30. The Morgan fingerprint density at radius 2 is 1.89 bits per heavy atom. The van der Waals surface area contributed by atoms with Gasteiger partial charge in [-0.1, -0.05) is 19.9 Å². The zero-order valence-electron chi connectivity index (χ0n) is 31.6. The van der Waals surface area contributed by atoms with Crippen molar-refractivity contribution in [1.29, 1.82) is 0 Å². The number of nitrogens with one attached hydrogen (secondary N) is 3. The van der Waals surface area contributed by atoms with Crippen LogP contribution in [0.2, 0.25) is 0 Å². The number of rotatable bonds is 16. The number of hydrogen-bond acceptors (Lipinski definition) is 11. The molecule has 1 fully saturated rings. The van der Waals surface area contributed by atoms with Crippen LogP contribution in [0.1, 0.15) is 63.5 Å². The Morgan fingerprint density at radius 3 is 2.56 bits per heavy atom. The highest BCUT2D eigenvalue weighted by Crippen LogP contribution is 2.60. The lowest BCUT2D eigenvalue weighted by molar-refractivity contribution is -0.146. The van der Waals surface area contributed by atoms with Crippen molar-refractivity contribution in [1.82, 2.24) is 25.8 Å². The summed E-state index contributed by atoms with van der Waals surface area (Å²) in [5, 5.41) is 40.0. The zero-order chi connectivity index (χ0) is 40.0. The summed E-state index contributed by atoms with van der Waals surface area (Å²) in [5.41, 5.74) is 9.51. The molecule has 0 aromatic heterocycles. The minimum absolute atomic E-state index is 0.0111. The number of carbonyl (C=O) groups is 5. The van der Waals surface area contributed by atoms with E-state index in [4.69, 9.17) is 26.0 Å². The highest BCUT2D eigenvalue weighted by atomic mass is 16.6. The standard InChI is InChI=1S/C36H54N8O10/c1-34(2,19-41-31(50)23(7-6-13-39-32(37)38)42-27(46)18-40-26(45)16-28(47)48)20-44(4)33(51)54-22-10-11-36(52)25-15-21-8-9-24(53-5)30(49)29(21)35(36,17-22)12-14-43(25)3/h8-10,23,25,49,52H,6-7,11-20H2,1-5H3,(H,40,45)(H,41,50)(H,42,46)(H,47,48)(H4,37,38,39). The fourth-order valence-corrected chi connectivity index (χ4v) is 7.96. The van der Waals surface area contributed by atoms with Gasteiger partial charge in [0.1, 0.15) is 18.2 Å². The lowest BCUT2D eigenvalue weighted by Crippen LogP contribution is -2.71. The molecular formula is C36H54N8O10. The fourth-order valence-electron chi connectivity index (χ4n) is 7.96. The van der Waals surface area contributed by atoms with E-state index in [9.17, 15) is 34.2 Å². The number of phenolic OH excluding ortho intramolecular Hbond substituents is 1. The number of amides is 4. The number of ether oxygens (including phenoxy) is 2. The number of hydrogen-bond donors (Lipinski definition) is 8. The molecule has 4 atom stereocenters. The minimum atomic E-state index is -1.35. The van der Waals surface area contributed by atoms with Crippen molar-refractivity contribution in [3.8, 4) is 11.5 Å². The van der Waals surface area contributed by atoms with Crippen molar-refractivity contribution in [2.75, 3.05) is 53.9 Å². The van der Waals surface area contributed by atoms with E-state index in [2.05, 4.69) is 25.8 Å². The van der Waals surface area contributed by atoms with Crippen LogP contribution in [0.3, 0.4) is 0 Å². The van der Waals surface area contributed by atoms with Crippen LogP contribution in [0.4, 0.5) is 4.79 Å². The summed E-state index contributed by atoms with van der Waals surface area (Å²) >= 11 is 0. The third kappa shape index (κ3) is 9.33. The van der Waals surface area contributed by atoms with Crippen LogP contribution in [0.5, 0.6) is 11.5 Å². The average molecular weight is 759 g/mol. The monoisotopic (exact) mass is 758 g/mol. The van der Waals surface area contributed by atoms with Crippen molar-refractivity contribution in [2.45, 2.75) is 81.9 Å². The highest BCUT2D eigenvalue weighted by molar-refractivity contribution is 5.95. The molecule has 18 nitrogen and oxygen atoms in total. The SMILES string of the molecule is COc1ccc2c(c1O)C13CCN(C)C(C2)C1(O)CC=C(OC(=O)N(C)CC(C)(C)CNC(=O)C(CCCN=C(N)N)NC(=O)CNC(=O)CC(=O)O)C3. The number of carboxylic acid groups (broad SMARTS) is 1. The quantitative estimate of drug-likeness (QED) is 0.0464. The maximum atomic E-state index is 13.5. The minimum Gasteiger partial charge on any atom is -0.504 e. The number of aliphatic imine (C=N–C) groups is 1. The first kappa shape index (κ1) is 41.7. The highest BCUT2D eigenvalue weighted by Gasteiger charge is 2.64. The lowest BCUT2D eigenvalue weighted by atomic mass is 9.50. The number of aliphatic hydroxyl groups is 1. The third-order valence-electron chi connectivity index (χ3n) is 10.6. The maximum absolute atomic E-state index is 13.5. The predicted molar refractivity (Wildman–Crippen MR) is 196 cm³/mol. The molecule has 3 aliphatic rings. The molecule has 4 unspecified atom stereocenters. The normalized spacial score (nSPS) is 22.3. The van der Waals surface area contributed by atoms with Gasteiger partial charge in [-0.05, 0) is 62.4 Å². The van der Waals surface area contributed by atoms with Gasteiger partial charge < -0.3 is 62.0 Å². The molecule has 1 aromatic rings. The third-order valence-corrected chi connectivity index (χ3v) is 10.6. The van der Waals surface area contributed by atoms with Gasteiger partial charge >= 0.3 is 12.1 Å². The van der Waals surface area contributed by atoms with Gasteiger partial charge in [0.05, 0.1) is 19.3 Å². The van der Waals surface area contributed by atoms with Crippen LogP contribution in [-0.2, 0) is 35.8 Å². The van der Waals surface area contributed by atoms with E-state index in [1.54, 1.807) is 19.2 Å². The Labute approximate surface area is 314 Å². The summed E-state index contributed by atoms with van der Waals surface area (Å²) in [7, 11) is 5.04. The number of likely N-dealkylation sites (N-methyl/N-ethyl adjacent to an activating group) is 1. The molecule has 4 rings (SSSR count). The van der Waals surface area contributed by atoms with Crippen LogP contribution < -0.4 is 32.2 Å². The Hall–Kier alpha value is -5.10. The fraction of sp³-hybridized carbons (Fsp3) is 0.611. The summed E-state index contributed by atoms with van der Waals surface area (Å²) in [6.07, 6.45) is 2.30. The maximum Gasteiger partial charge on any atom is 0.414 e. The number of carbonyl (C=O) groups excluding carboxylic acids is 4. The van der Waals surface area contributed by atoms with Crippen molar-refractivity contribution in [2.24, 2.45) is 21.9 Å². The van der Waals surface area contributed by atoms with Gasteiger partial charge in [0.25, 0.3) is 0 Å². The number of carboxylic acids is 1. The molecule has 1 heterocycles. The van der Waals surface area contributed by atoms with Gasteiger partial charge in [-0.3, -0.25) is 24.2 Å². The Kier molecular flexibility index (Phi) is 13.1. The topological polar surface area (TPSA) is 271 Å². The summed E-state index contributed by atoms with van der Waals surface area (Å²) in [5.74, 6) is -2.86. The van der Waals surface area contributed by atoms with Crippen LogP contribution in [0, 0.1) is 5.41 Å². The Morgan fingerprint density at radius 1 is 1.17 bits per heavy atom. The number of methoxy groups -OCH3 is 1. The number of piperidine rings is 1. The smallest absolute Gasteiger partial charge is 0.414 e. The summed E-state index contributed by atoms with van der Waals surface area (Å²) in [4.78, 5) is 69.1. The van der Waals surface area contributed by atoms with Crippen LogP contribution in [0.25, 0.3) is 0 Å². The molecule has 0 radical (unpaired) electrons. The van der Waals surface area contributed by atoms with Crippen LogP contribution in [-0.4, -0.2) is 132 Å². The second-order valence-electron chi connectivity index (χ2n) is 15.2.